The van der Waals surface area contributed by atoms with Crippen LogP contribution >= 0.6 is 0 Å². The minimum atomic E-state index is -0.161. The van der Waals surface area contributed by atoms with Crippen molar-refractivity contribution in [3.63, 3.8) is 0 Å². The molecule has 0 saturated carbocycles. The first-order chi connectivity index (χ1) is 6.08. The summed E-state index contributed by atoms with van der Waals surface area (Å²) < 4.78 is 5.33. The Morgan fingerprint density at radius 1 is 1.62 bits per heavy atom. The van der Waals surface area contributed by atoms with Crippen molar-refractivity contribution in [1.29, 1.82) is 0 Å². The van der Waals surface area contributed by atoms with Gasteiger partial charge in [0.05, 0.1) is 25.3 Å². The Kier molecular flexibility index (Phi) is 3.27. The summed E-state index contributed by atoms with van der Waals surface area (Å²) in [5.41, 5.74) is -0.161. The molecule has 0 aromatic rings. The summed E-state index contributed by atoms with van der Waals surface area (Å²) in [5.74, 6) is 0.149. The Balaban J connectivity index is 2.59. The fourth-order valence-corrected chi connectivity index (χ4v) is 1.57. The standard InChI is InChI=1S/C9H18N2O2/c1-9(2)7-13-5-4-11(9)8(12)6-10-3/h10H,4-7H2,1-3H3. The third-order valence-corrected chi connectivity index (χ3v) is 2.27. The summed E-state index contributed by atoms with van der Waals surface area (Å²) in [4.78, 5) is 13.5. The van der Waals surface area contributed by atoms with Gasteiger partial charge in [0.15, 0.2) is 0 Å². The molecule has 4 heteroatoms. The zero-order valence-electron chi connectivity index (χ0n) is 8.59. The van der Waals surface area contributed by atoms with Crippen LogP contribution in [0.25, 0.3) is 0 Å². The van der Waals surface area contributed by atoms with Gasteiger partial charge in [-0.15, -0.1) is 0 Å². The molecule has 1 fully saturated rings. The minimum absolute atomic E-state index is 0.149. The zero-order valence-corrected chi connectivity index (χ0v) is 8.59. The van der Waals surface area contributed by atoms with Gasteiger partial charge >= 0.3 is 0 Å². The number of likely N-dealkylation sites (N-methyl/N-ethyl adjacent to an activating group) is 1. The Bertz CT molecular complexity index is 192. The number of hydrogen-bond acceptors (Lipinski definition) is 3. The van der Waals surface area contributed by atoms with Crippen molar-refractivity contribution in [2.75, 3.05) is 33.4 Å². The molecule has 13 heavy (non-hydrogen) atoms. The van der Waals surface area contributed by atoms with Crippen LogP contribution in [0.2, 0.25) is 0 Å². The van der Waals surface area contributed by atoms with Crippen LogP contribution in [0.5, 0.6) is 0 Å². The molecule has 0 spiro atoms. The van der Waals surface area contributed by atoms with E-state index in [9.17, 15) is 4.79 Å². The zero-order chi connectivity index (χ0) is 9.90. The molecule has 1 heterocycles. The molecular weight excluding hydrogens is 168 g/mol. The van der Waals surface area contributed by atoms with Gasteiger partial charge in [-0.05, 0) is 20.9 Å². The molecule has 0 aromatic carbocycles. The van der Waals surface area contributed by atoms with Crippen molar-refractivity contribution in [1.82, 2.24) is 10.2 Å². The molecule has 0 unspecified atom stereocenters. The normalized spacial score (nSPS) is 21.6. The van der Waals surface area contributed by atoms with Gasteiger partial charge in [0.2, 0.25) is 5.91 Å². The summed E-state index contributed by atoms with van der Waals surface area (Å²) in [5, 5.41) is 2.87. The fraction of sp³-hybridized carbons (Fsp3) is 0.889. The number of nitrogens with one attached hydrogen (secondary N) is 1. The predicted molar refractivity (Wildman–Crippen MR) is 50.5 cm³/mol. The number of ether oxygens (including phenoxy) is 1. The highest BCUT2D eigenvalue weighted by molar-refractivity contribution is 5.79. The van der Waals surface area contributed by atoms with Gasteiger partial charge in [0.1, 0.15) is 0 Å². The summed E-state index contributed by atoms with van der Waals surface area (Å²) >= 11 is 0. The lowest BCUT2D eigenvalue weighted by Gasteiger charge is -2.42. The second kappa shape index (κ2) is 4.07. The van der Waals surface area contributed by atoms with Crippen molar-refractivity contribution in [3.05, 3.63) is 0 Å². The van der Waals surface area contributed by atoms with Gasteiger partial charge in [-0.25, -0.2) is 0 Å². The second-order valence-electron chi connectivity index (χ2n) is 3.94. The maximum atomic E-state index is 11.6. The fourth-order valence-electron chi connectivity index (χ4n) is 1.57. The first-order valence-corrected chi connectivity index (χ1v) is 4.61. The van der Waals surface area contributed by atoms with Crippen LogP contribution in [0, 0.1) is 0 Å². The molecular formula is C9H18N2O2. The highest BCUT2D eigenvalue weighted by Gasteiger charge is 2.33. The molecule has 1 amide bonds. The van der Waals surface area contributed by atoms with Crippen molar-refractivity contribution in [2.45, 2.75) is 19.4 Å². The topological polar surface area (TPSA) is 41.6 Å². The molecule has 1 saturated heterocycles. The third kappa shape index (κ3) is 2.42. The van der Waals surface area contributed by atoms with Gasteiger partial charge in [0, 0.05) is 6.54 Å². The molecule has 1 aliphatic heterocycles. The number of rotatable bonds is 2. The molecule has 0 aliphatic carbocycles. The Morgan fingerprint density at radius 3 is 2.85 bits per heavy atom. The van der Waals surface area contributed by atoms with Gasteiger partial charge in [0.25, 0.3) is 0 Å². The largest absolute Gasteiger partial charge is 0.377 e. The summed E-state index contributed by atoms with van der Waals surface area (Å²) in [7, 11) is 1.78. The molecule has 4 nitrogen and oxygen atoms in total. The number of carbonyl (C=O) groups is 1. The lowest BCUT2D eigenvalue weighted by molar-refractivity contribution is -0.145. The van der Waals surface area contributed by atoms with E-state index in [4.69, 9.17) is 4.74 Å². The maximum Gasteiger partial charge on any atom is 0.237 e. The SMILES string of the molecule is CNCC(=O)N1CCOCC1(C)C. The average molecular weight is 186 g/mol. The van der Waals surface area contributed by atoms with Crippen LogP contribution in [-0.2, 0) is 9.53 Å². The Hall–Kier alpha value is -0.610. The number of hydrogen-bond donors (Lipinski definition) is 1. The van der Waals surface area contributed by atoms with Crippen molar-refractivity contribution >= 4 is 5.91 Å². The predicted octanol–water partition coefficient (Wildman–Crippen LogP) is -0.157. The van der Waals surface area contributed by atoms with Crippen molar-refractivity contribution in [3.8, 4) is 0 Å². The van der Waals surface area contributed by atoms with Gasteiger partial charge < -0.3 is 15.0 Å². The average Bonchev–Trinajstić information content (AvgIpc) is 2.03. The molecule has 0 aromatic heterocycles. The van der Waals surface area contributed by atoms with E-state index < -0.39 is 0 Å². The van der Waals surface area contributed by atoms with Gasteiger partial charge in [-0.1, -0.05) is 0 Å². The van der Waals surface area contributed by atoms with Gasteiger partial charge in [-0.3, -0.25) is 4.79 Å². The highest BCUT2D eigenvalue weighted by Crippen LogP contribution is 2.18. The van der Waals surface area contributed by atoms with Gasteiger partial charge in [-0.2, -0.15) is 0 Å². The number of morpholine rings is 1. The van der Waals surface area contributed by atoms with Crippen molar-refractivity contribution < 1.29 is 9.53 Å². The number of amides is 1. The lowest BCUT2D eigenvalue weighted by atomic mass is 10.0. The molecule has 1 N–H and O–H groups in total. The summed E-state index contributed by atoms with van der Waals surface area (Å²) in [6.45, 7) is 6.44. The highest BCUT2D eigenvalue weighted by atomic mass is 16.5. The van der Waals surface area contributed by atoms with E-state index in [1.54, 1.807) is 7.05 Å². The van der Waals surface area contributed by atoms with Crippen LogP contribution in [0.4, 0.5) is 0 Å². The molecule has 76 valence electrons. The second-order valence-corrected chi connectivity index (χ2v) is 3.94. The first-order valence-electron chi connectivity index (χ1n) is 4.61. The quantitative estimate of drug-likeness (QED) is 0.651. The summed E-state index contributed by atoms with van der Waals surface area (Å²) in [6.07, 6.45) is 0. The maximum absolute atomic E-state index is 11.6. The molecule has 0 radical (unpaired) electrons. The lowest BCUT2D eigenvalue weighted by Crippen LogP contribution is -2.57. The van der Waals surface area contributed by atoms with E-state index in [1.807, 2.05) is 18.7 Å². The van der Waals surface area contributed by atoms with Crippen LogP contribution < -0.4 is 5.32 Å². The van der Waals surface area contributed by atoms with Crippen LogP contribution in [0.15, 0.2) is 0 Å². The molecule has 1 rings (SSSR count). The van der Waals surface area contributed by atoms with E-state index in [0.717, 1.165) is 0 Å². The third-order valence-electron chi connectivity index (χ3n) is 2.27. The Morgan fingerprint density at radius 2 is 2.31 bits per heavy atom. The molecule has 0 bridgehead atoms. The van der Waals surface area contributed by atoms with E-state index in [2.05, 4.69) is 5.32 Å². The number of carbonyl (C=O) groups excluding carboxylic acids is 1. The van der Waals surface area contributed by atoms with Crippen molar-refractivity contribution in [2.24, 2.45) is 0 Å². The molecule has 0 atom stereocenters. The van der Waals surface area contributed by atoms with E-state index in [-0.39, 0.29) is 11.4 Å². The van der Waals surface area contributed by atoms with E-state index in [0.29, 0.717) is 26.3 Å². The van der Waals surface area contributed by atoms with E-state index in [1.165, 1.54) is 0 Å². The number of nitrogens with zero attached hydrogens (tertiary/aromatic N) is 1. The van der Waals surface area contributed by atoms with E-state index >= 15 is 0 Å². The van der Waals surface area contributed by atoms with Crippen LogP contribution in [0.3, 0.4) is 0 Å². The summed E-state index contributed by atoms with van der Waals surface area (Å²) in [6, 6.07) is 0. The minimum Gasteiger partial charge on any atom is -0.377 e. The first kappa shape index (κ1) is 10.5. The smallest absolute Gasteiger partial charge is 0.237 e. The Labute approximate surface area is 79.2 Å². The molecule has 1 aliphatic rings. The van der Waals surface area contributed by atoms with Crippen LogP contribution in [0.1, 0.15) is 13.8 Å². The van der Waals surface area contributed by atoms with Crippen LogP contribution in [-0.4, -0.2) is 49.7 Å². The monoisotopic (exact) mass is 186 g/mol.